The predicted octanol–water partition coefficient (Wildman–Crippen LogP) is 5.63. The second kappa shape index (κ2) is 11.8. The summed E-state index contributed by atoms with van der Waals surface area (Å²) >= 11 is 1.63. The molecule has 0 amide bonds. The third kappa shape index (κ3) is 6.68. The second-order valence-electron chi connectivity index (χ2n) is 7.60. The maximum atomic E-state index is 12.0. The average molecular weight is 461 g/mol. The summed E-state index contributed by atoms with van der Waals surface area (Å²) in [4.78, 5) is 26.1. The molecular weight excluding hydrogens is 428 g/mol. The van der Waals surface area contributed by atoms with Gasteiger partial charge >= 0.3 is 11.9 Å². The number of benzene rings is 1. The van der Waals surface area contributed by atoms with E-state index in [1.165, 1.54) is 31.9 Å². The van der Waals surface area contributed by atoms with E-state index in [1.807, 2.05) is 19.9 Å². The van der Waals surface area contributed by atoms with E-state index in [1.54, 1.807) is 17.4 Å². The molecule has 0 aliphatic carbocycles. The summed E-state index contributed by atoms with van der Waals surface area (Å²) in [5, 5.41) is 10.4. The summed E-state index contributed by atoms with van der Waals surface area (Å²) in [6.07, 6.45) is 5.27. The number of allylic oxidation sites excluding steroid dienone is 2. The second-order valence-corrected chi connectivity index (χ2v) is 8.77. The Morgan fingerprint density at radius 1 is 1.03 bits per heavy atom. The SMILES string of the molecule is CCC(O)(CC)CC/C=C(\C)c1ccc(COc2ccc(C(=O)OC)c(C(=O)OC)c2)s1. The Bertz CT molecular complexity index is 955. The van der Waals surface area contributed by atoms with Crippen molar-refractivity contribution in [2.24, 2.45) is 0 Å². The standard InChI is InChI=1S/C25H32O6S/c1-6-25(28,7-2)14-8-9-17(3)22-13-11-19(32-22)16-31-18-10-12-20(23(26)29-4)21(15-18)24(27)30-5/h9-13,15,28H,6-8,14,16H2,1-5H3/b17-9+. The van der Waals surface area contributed by atoms with Gasteiger partial charge in [0.25, 0.3) is 0 Å². The van der Waals surface area contributed by atoms with Gasteiger partial charge in [-0.1, -0.05) is 19.9 Å². The Kier molecular flexibility index (Phi) is 9.47. The van der Waals surface area contributed by atoms with Crippen molar-refractivity contribution in [2.45, 2.75) is 58.7 Å². The van der Waals surface area contributed by atoms with Crippen LogP contribution in [0.2, 0.25) is 0 Å². The number of carbonyl (C=O) groups is 2. The fourth-order valence-electron chi connectivity index (χ4n) is 3.26. The fraction of sp³-hybridized carbons (Fsp3) is 0.440. The summed E-state index contributed by atoms with van der Waals surface area (Å²) in [5.74, 6) is -0.787. The van der Waals surface area contributed by atoms with E-state index in [0.29, 0.717) is 12.4 Å². The van der Waals surface area contributed by atoms with E-state index in [9.17, 15) is 14.7 Å². The molecule has 32 heavy (non-hydrogen) atoms. The molecule has 6 nitrogen and oxygen atoms in total. The van der Waals surface area contributed by atoms with Gasteiger partial charge in [-0.3, -0.25) is 0 Å². The van der Waals surface area contributed by atoms with Crippen LogP contribution in [0.3, 0.4) is 0 Å². The highest BCUT2D eigenvalue weighted by Crippen LogP contribution is 2.28. The molecular formula is C25H32O6S. The molecule has 1 aromatic heterocycles. The summed E-state index contributed by atoms with van der Waals surface area (Å²) in [6.45, 7) is 6.44. The molecule has 1 heterocycles. The number of aliphatic hydroxyl groups is 1. The van der Waals surface area contributed by atoms with Crippen LogP contribution < -0.4 is 4.74 Å². The van der Waals surface area contributed by atoms with Crippen molar-refractivity contribution in [3.8, 4) is 5.75 Å². The molecule has 0 unspecified atom stereocenters. The molecule has 0 saturated heterocycles. The van der Waals surface area contributed by atoms with Gasteiger partial charge < -0.3 is 19.3 Å². The van der Waals surface area contributed by atoms with Crippen LogP contribution in [0.1, 0.15) is 76.9 Å². The molecule has 0 atom stereocenters. The molecule has 1 N–H and O–H groups in total. The molecule has 2 rings (SSSR count). The Morgan fingerprint density at radius 3 is 2.31 bits per heavy atom. The van der Waals surface area contributed by atoms with Crippen LogP contribution in [0.15, 0.2) is 36.4 Å². The number of rotatable bonds is 11. The summed E-state index contributed by atoms with van der Waals surface area (Å²) in [7, 11) is 2.51. The molecule has 0 spiro atoms. The van der Waals surface area contributed by atoms with E-state index < -0.39 is 17.5 Å². The minimum atomic E-state index is -0.631. The number of carbonyl (C=O) groups excluding carboxylic acids is 2. The molecule has 0 radical (unpaired) electrons. The topological polar surface area (TPSA) is 82.1 Å². The fourth-order valence-corrected chi connectivity index (χ4v) is 4.18. The normalized spacial score (nSPS) is 11.9. The van der Waals surface area contributed by atoms with Crippen molar-refractivity contribution in [3.63, 3.8) is 0 Å². The van der Waals surface area contributed by atoms with Crippen molar-refractivity contribution >= 4 is 28.8 Å². The van der Waals surface area contributed by atoms with Gasteiger partial charge in [-0.15, -0.1) is 11.3 Å². The first-order chi connectivity index (χ1) is 15.3. The maximum absolute atomic E-state index is 12.0. The van der Waals surface area contributed by atoms with Gasteiger partial charge in [0.05, 0.1) is 30.9 Å². The highest BCUT2D eigenvalue weighted by atomic mass is 32.1. The third-order valence-electron chi connectivity index (χ3n) is 5.61. The van der Waals surface area contributed by atoms with E-state index in [0.717, 1.165) is 35.4 Å². The van der Waals surface area contributed by atoms with Crippen molar-refractivity contribution in [3.05, 3.63) is 57.3 Å². The third-order valence-corrected chi connectivity index (χ3v) is 6.80. The smallest absolute Gasteiger partial charge is 0.338 e. The molecule has 174 valence electrons. The zero-order valence-electron chi connectivity index (χ0n) is 19.4. The largest absolute Gasteiger partial charge is 0.488 e. The highest BCUT2D eigenvalue weighted by Gasteiger charge is 2.21. The molecule has 0 aliphatic heterocycles. The Balaban J connectivity index is 2.04. The van der Waals surface area contributed by atoms with Crippen molar-refractivity contribution in [2.75, 3.05) is 14.2 Å². The van der Waals surface area contributed by atoms with Gasteiger partial charge in [-0.2, -0.15) is 0 Å². The first-order valence-corrected chi connectivity index (χ1v) is 11.5. The van der Waals surface area contributed by atoms with Crippen LogP contribution in [0.25, 0.3) is 5.57 Å². The van der Waals surface area contributed by atoms with Crippen LogP contribution in [-0.2, 0) is 16.1 Å². The summed E-state index contributed by atoms with van der Waals surface area (Å²) < 4.78 is 15.3. The summed E-state index contributed by atoms with van der Waals surface area (Å²) in [6, 6.07) is 8.67. The number of ether oxygens (including phenoxy) is 3. The van der Waals surface area contributed by atoms with E-state index in [-0.39, 0.29) is 11.1 Å². The number of hydrogen-bond acceptors (Lipinski definition) is 7. The van der Waals surface area contributed by atoms with Gasteiger partial charge in [0, 0.05) is 9.75 Å². The lowest BCUT2D eigenvalue weighted by Crippen LogP contribution is -2.25. The van der Waals surface area contributed by atoms with Gasteiger partial charge in [0.1, 0.15) is 12.4 Å². The van der Waals surface area contributed by atoms with E-state index in [2.05, 4.69) is 19.1 Å². The zero-order chi connectivity index (χ0) is 23.7. The first kappa shape index (κ1) is 25.6. The van der Waals surface area contributed by atoms with E-state index >= 15 is 0 Å². The van der Waals surface area contributed by atoms with Gasteiger partial charge in [-0.25, -0.2) is 9.59 Å². The molecule has 0 bridgehead atoms. The molecule has 7 heteroatoms. The molecule has 2 aromatic rings. The molecule has 0 fully saturated rings. The van der Waals surface area contributed by atoms with Crippen molar-refractivity contribution in [1.82, 2.24) is 0 Å². The van der Waals surface area contributed by atoms with Crippen LogP contribution in [-0.4, -0.2) is 36.9 Å². The van der Waals surface area contributed by atoms with Crippen LogP contribution in [0.5, 0.6) is 5.75 Å². The molecule has 0 aliphatic rings. The highest BCUT2D eigenvalue weighted by molar-refractivity contribution is 7.13. The van der Waals surface area contributed by atoms with E-state index in [4.69, 9.17) is 14.2 Å². The number of thiophene rings is 1. The minimum Gasteiger partial charge on any atom is -0.488 e. The minimum absolute atomic E-state index is 0.0987. The average Bonchev–Trinajstić information content (AvgIpc) is 3.30. The zero-order valence-corrected chi connectivity index (χ0v) is 20.2. The lowest BCUT2D eigenvalue weighted by atomic mass is 9.91. The quantitative estimate of drug-likeness (QED) is 0.437. The summed E-state index contributed by atoms with van der Waals surface area (Å²) in [5.41, 5.74) is 0.814. The predicted molar refractivity (Wildman–Crippen MR) is 126 cm³/mol. The van der Waals surface area contributed by atoms with Crippen LogP contribution in [0, 0.1) is 0 Å². The van der Waals surface area contributed by atoms with Gasteiger partial charge in [-0.05, 0) is 68.5 Å². The molecule has 0 saturated carbocycles. The first-order valence-electron chi connectivity index (χ1n) is 10.7. The van der Waals surface area contributed by atoms with Crippen LogP contribution in [0.4, 0.5) is 0 Å². The van der Waals surface area contributed by atoms with Crippen molar-refractivity contribution in [1.29, 1.82) is 0 Å². The number of hydrogen-bond donors (Lipinski definition) is 1. The molecule has 1 aromatic carbocycles. The van der Waals surface area contributed by atoms with Gasteiger partial charge in [0.2, 0.25) is 0 Å². The van der Waals surface area contributed by atoms with Crippen LogP contribution >= 0.6 is 11.3 Å². The number of esters is 2. The lowest BCUT2D eigenvalue weighted by molar-refractivity contribution is 0.0246. The Hall–Kier alpha value is -2.64. The number of methoxy groups -OCH3 is 2. The van der Waals surface area contributed by atoms with Crippen molar-refractivity contribution < 1.29 is 28.9 Å². The lowest BCUT2D eigenvalue weighted by Gasteiger charge is -2.24. The Morgan fingerprint density at radius 2 is 1.69 bits per heavy atom. The Labute approximate surface area is 193 Å². The maximum Gasteiger partial charge on any atom is 0.338 e. The monoisotopic (exact) mass is 460 g/mol. The van der Waals surface area contributed by atoms with Gasteiger partial charge in [0.15, 0.2) is 0 Å².